The Kier molecular flexibility index (Phi) is 7.91. The van der Waals surface area contributed by atoms with Crippen molar-refractivity contribution in [1.82, 2.24) is 2.95 Å². The molecule has 0 unspecified atom stereocenters. The maximum Gasteiger partial charge on any atom is 0.180 e. The lowest BCUT2D eigenvalue weighted by atomic mass is 10.5. The van der Waals surface area contributed by atoms with Crippen LogP contribution in [0.15, 0.2) is 0 Å². The lowest BCUT2D eigenvalue weighted by Crippen LogP contribution is -2.49. The molecule has 0 saturated carbocycles. The summed E-state index contributed by atoms with van der Waals surface area (Å²) in [6, 6.07) is 0. The van der Waals surface area contributed by atoms with Crippen LogP contribution >= 0.6 is 144 Å². The monoisotopic (exact) mass is 760 g/mol. The molecule has 0 aromatic rings. The van der Waals surface area contributed by atoms with Crippen molar-refractivity contribution in [3.8, 4) is 0 Å². The van der Waals surface area contributed by atoms with E-state index >= 15 is 0 Å². The summed E-state index contributed by atoms with van der Waals surface area (Å²) in [5.41, 5.74) is 0. The van der Waals surface area contributed by atoms with Crippen LogP contribution < -0.4 is 0 Å². The smallest absolute Gasteiger partial charge is 0.148 e. The third kappa shape index (κ3) is 4.15. The van der Waals surface area contributed by atoms with Crippen LogP contribution in [0.25, 0.3) is 0 Å². The second kappa shape index (κ2) is 5.95. The van der Waals surface area contributed by atoms with Crippen molar-refractivity contribution in [1.29, 1.82) is 0 Å². The van der Waals surface area contributed by atoms with Crippen molar-refractivity contribution in [3.05, 3.63) is 0 Å². The number of alkyl halides is 7. The van der Waals surface area contributed by atoms with Gasteiger partial charge in [-0.2, -0.15) is 0 Å². The van der Waals surface area contributed by atoms with Gasteiger partial charge >= 0.3 is 0 Å². The molecule has 0 atom stereocenters. The Labute approximate surface area is 152 Å². The van der Waals surface area contributed by atoms with Crippen molar-refractivity contribution in [2.24, 2.45) is 0 Å². The Hall–Kier alpha value is 4.28. The molecule has 10 heteroatoms. The quantitative estimate of drug-likeness (QED) is 0.172. The van der Waals surface area contributed by atoms with Gasteiger partial charge < -0.3 is 0 Å². The minimum absolute atomic E-state index is 0.563. The van der Waals surface area contributed by atoms with Crippen molar-refractivity contribution >= 4 is 144 Å². The van der Waals surface area contributed by atoms with Gasteiger partial charge in [-0.15, -0.1) is 2.95 Å². The number of hydrogen-bond donors (Lipinski definition) is 0. The van der Waals surface area contributed by atoms with Gasteiger partial charge in [0.15, 0.2) is 8.73 Å². The maximum atomic E-state index is 3.51. The SMILES string of the molecule is BrN(Br)C(Br)(Br)C(Br)(Br)C(Br)(Br)Br. The van der Waals surface area contributed by atoms with Crippen molar-refractivity contribution in [3.63, 3.8) is 0 Å². The molecule has 0 aliphatic carbocycles. The van der Waals surface area contributed by atoms with Gasteiger partial charge in [-0.25, -0.2) is 0 Å². The van der Waals surface area contributed by atoms with E-state index in [1.54, 1.807) is 2.95 Å². The minimum Gasteiger partial charge on any atom is -0.148 e. The third-order valence-corrected chi connectivity index (χ3v) is 15.3. The molecule has 0 amide bonds. The molecule has 80 valence electrons. The zero-order valence-corrected chi connectivity index (χ0v) is 19.6. The molecule has 0 aliphatic heterocycles. The van der Waals surface area contributed by atoms with E-state index in [0.717, 1.165) is 0 Å². The molecule has 0 spiro atoms. The summed E-state index contributed by atoms with van der Waals surface area (Å²) in [6.45, 7) is 0. The minimum atomic E-state index is -0.635. The summed E-state index contributed by atoms with van der Waals surface area (Å²) in [6.07, 6.45) is 0. The highest BCUT2D eigenvalue weighted by atomic mass is 80.0. The Balaban J connectivity index is 5.04. The van der Waals surface area contributed by atoms with Crippen molar-refractivity contribution in [2.75, 3.05) is 0 Å². The number of nitrogens with zero attached hydrogens (tertiary/aromatic N) is 1. The highest BCUT2D eigenvalue weighted by Gasteiger charge is 2.59. The van der Waals surface area contributed by atoms with Gasteiger partial charge in [0, 0.05) is 32.3 Å². The Bertz CT molecular complexity index is 180. The van der Waals surface area contributed by atoms with Crippen LogP contribution in [0.4, 0.5) is 0 Å². The topological polar surface area (TPSA) is 3.24 Å². The largest absolute Gasteiger partial charge is 0.180 e. The standard InChI is InChI=1S/C3Br9N/c4-1(5,2(6,7)8)3(9,10)13(11)12. The second-order valence-electron chi connectivity index (χ2n) is 1.85. The van der Waals surface area contributed by atoms with E-state index in [4.69, 9.17) is 0 Å². The molecule has 0 heterocycles. The van der Waals surface area contributed by atoms with E-state index in [2.05, 4.69) is 144 Å². The van der Waals surface area contributed by atoms with Crippen LogP contribution in [-0.4, -0.2) is 11.7 Å². The van der Waals surface area contributed by atoms with Crippen LogP contribution in [0, 0.1) is 0 Å². The lowest BCUT2D eigenvalue weighted by molar-refractivity contribution is 0.647. The molecule has 0 N–H and O–H groups in total. The fourth-order valence-electron chi connectivity index (χ4n) is 0.277. The molecule has 0 aromatic heterocycles. The number of halogens is 9. The maximum absolute atomic E-state index is 3.51. The second-order valence-corrected chi connectivity index (χ2v) is 17.8. The molecule has 0 saturated heterocycles. The van der Waals surface area contributed by atoms with Gasteiger partial charge in [0.2, 0.25) is 0 Å². The van der Waals surface area contributed by atoms with Crippen molar-refractivity contribution in [2.45, 2.75) is 8.73 Å². The zero-order valence-electron chi connectivity index (χ0n) is 5.35. The van der Waals surface area contributed by atoms with Gasteiger partial charge in [-0.3, -0.25) is 0 Å². The highest BCUT2D eigenvalue weighted by molar-refractivity contribution is 9.42. The van der Waals surface area contributed by atoms with Gasteiger partial charge in [0.25, 0.3) is 0 Å². The average Bonchev–Trinajstić information content (AvgIpc) is 1.84. The molecule has 0 aliphatic rings. The normalized spacial score (nSPS) is 15.2. The zero-order chi connectivity index (χ0) is 11.1. The fraction of sp³-hybridized carbons (Fsp3) is 1.00. The summed E-state index contributed by atoms with van der Waals surface area (Å²) in [5.74, 6) is 0. The molecule has 0 radical (unpaired) electrons. The van der Waals surface area contributed by atoms with E-state index in [0.29, 0.717) is 0 Å². The lowest BCUT2D eigenvalue weighted by Gasteiger charge is -2.41. The molecule has 0 fully saturated rings. The van der Waals surface area contributed by atoms with E-state index in [1.165, 1.54) is 0 Å². The Morgan fingerprint density at radius 3 is 1.08 bits per heavy atom. The van der Waals surface area contributed by atoms with Crippen LogP contribution in [0.5, 0.6) is 0 Å². The highest BCUT2D eigenvalue weighted by Crippen LogP contribution is 2.64. The molecule has 1 nitrogen and oxygen atoms in total. The van der Waals surface area contributed by atoms with Gasteiger partial charge in [0.1, 0.15) is 0 Å². The summed E-state index contributed by atoms with van der Waals surface area (Å²) in [5, 5.41) is 0. The van der Waals surface area contributed by atoms with Gasteiger partial charge in [-0.1, -0.05) is 112 Å². The van der Waals surface area contributed by atoms with E-state index in [9.17, 15) is 0 Å². The van der Waals surface area contributed by atoms with Crippen molar-refractivity contribution < 1.29 is 0 Å². The summed E-state index contributed by atoms with van der Waals surface area (Å²) in [4.78, 5) is 0. The summed E-state index contributed by atoms with van der Waals surface area (Å²) < 4.78 is -0.210. The molecular formula is C3Br9N. The molecule has 0 aromatic carbocycles. The van der Waals surface area contributed by atoms with Gasteiger partial charge in [0.05, 0.1) is 0 Å². The molecular weight excluding hydrogens is 769 g/mol. The summed E-state index contributed by atoms with van der Waals surface area (Å²) >= 11 is 30.7. The average molecular weight is 769 g/mol. The third-order valence-electron chi connectivity index (χ3n) is 0.946. The first kappa shape index (κ1) is 17.3. The molecule has 13 heavy (non-hydrogen) atoms. The predicted molar refractivity (Wildman–Crippen MR) is 90.4 cm³/mol. The first-order valence-electron chi connectivity index (χ1n) is 2.38. The van der Waals surface area contributed by atoms with E-state index in [-0.39, 0.29) is 0 Å². The predicted octanol–water partition coefficient (Wildman–Crippen LogP) is 6.68. The van der Waals surface area contributed by atoms with Gasteiger partial charge in [-0.05, 0) is 0 Å². The molecule has 0 rings (SSSR count). The number of rotatable bonds is 2. The van der Waals surface area contributed by atoms with Crippen LogP contribution in [0.3, 0.4) is 0 Å². The van der Waals surface area contributed by atoms with Crippen LogP contribution in [0.1, 0.15) is 0 Å². The Morgan fingerprint density at radius 2 is 1.00 bits per heavy atom. The Morgan fingerprint density at radius 1 is 0.692 bits per heavy atom. The first-order valence-corrected chi connectivity index (χ1v) is 9.35. The summed E-state index contributed by atoms with van der Waals surface area (Å²) in [7, 11) is 0. The van der Waals surface area contributed by atoms with Crippen LogP contribution in [0.2, 0.25) is 0 Å². The molecule has 0 bridgehead atoms. The fourth-order valence-corrected chi connectivity index (χ4v) is 5.17. The van der Waals surface area contributed by atoms with E-state index in [1.807, 2.05) is 0 Å². The first-order chi connectivity index (χ1) is 5.44. The van der Waals surface area contributed by atoms with E-state index < -0.39 is 8.73 Å². The van der Waals surface area contributed by atoms with Crippen LogP contribution in [-0.2, 0) is 0 Å². The number of hydrogen-bond acceptors (Lipinski definition) is 1.